The maximum Gasteiger partial charge on any atom is 0.123 e. The van der Waals surface area contributed by atoms with E-state index in [0.717, 1.165) is 28.9 Å². The first-order chi connectivity index (χ1) is 10.1. The van der Waals surface area contributed by atoms with Crippen LogP contribution in [0.3, 0.4) is 0 Å². The molecule has 21 heavy (non-hydrogen) atoms. The van der Waals surface area contributed by atoms with Gasteiger partial charge in [-0.1, -0.05) is 23.8 Å². The molecule has 0 aliphatic heterocycles. The summed E-state index contributed by atoms with van der Waals surface area (Å²) in [4.78, 5) is 0. The van der Waals surface area contributed by atoms with Gasteiger partial charge in [0.05, 0.1) is 11.6 Å². The van der Waals surface area contributed by atoms with E-state index in [-0.39, 0.29) is 0 Å². The lowest BCUT2D eigenvalue weighted by Crippen LogP contribution is -2.06. The highest BCUT2D eigenvalue weighted by Gasteiger charge is 2.06. The van der Waals surface area contributed by atoms with Crippen LogP contribution in [0.5, 0.6) is 5.75 Å². The van der Waals surface area contributed by atoms with Crippen molar-refractivity contribution in [1.29, 1.82) is 5.26 Å². The summed E-state index contributed by atoms with van der Waals surface area (Å²) in [6.45, 7) is 5.16. The van der Waals surface area contributed by atoms with Crippen LogP contribution in [0.1, 0.15) is 27.8 Å². The Bertz CT molecular complexity index is 671. The Labute approximate surface area is 126 Å². The average molecular weight is 280 g/mol. The lowest BCUT2D eigenvalue weighted by molar-refractivity contribution is 0.302. The Morgan fingerprint density at radius 1 is 1.10 bits per heavy atom. The third kappa shape index (κ3) is 3.84. The van der Waals surface area contributed by atoms with Gasteiger partial charge in [-0.3, -0.25) is 0 Å². The summed E-state index contributed by atoms with van der Waals surface area (Å²) < 4.78 is 5.95. The fourth-order valence-electron chi connectivity index (χ4n) is 2.28. The van der Waals surface area contributed by atoms with E-state index < -0.39 is 0 Å². The minimum absolute atomic E-state index is 0.498. The van der Waals surface area contributed by atoms with Crippen LogP contribution < -0.4 is 10.5 Å². The Morgan fingerprint density at radius 3 is 2.57 bits per heavy atom. The second kappa shape index (κ2) is 6.92. The Hall–Kier alpha value is -2.31. The molecule has 0 aromatic heterocycles. The lowest BCUT2D eigenvalue weighted by atomic mass is 10.1. The van der Waals surface area contributed by atoms with Crippen LogP contribution in [0.2, 0.25) is 0 Å². The molecule has 0 amide bonds. The van der Waals surface area contributed by atoms with Gasteiger partial charge in [0, 0.05) is 0 Å². The predicted octanol–water partition coefficient (Wildman–Crippen LogP) is 3.26. The van der Waals surface area contributed by atoms with Crippen LogP contribution in [0.15, 0.2) is 36.4 Å². The molecule has 0 aliphatic carbocycles. The molecule has 3 nitrogen and oxygen atoms in total. The molecule has 0 bridgehead atoms. The van der Waals surface area contributed by atoms with Crippen molar-refractivity contribution >= 4 is 0 Å². The molecule has 2 N–H and O–H groups in total. The van der Waals surface area contributed by atoms with E-state index in [1.807, 2.05) is 37.3 Å². The largest absolute Gasteiger partial charge is 0.489 e. The van der Waals surface area contributed by atoms with Gasteiger partial charge in [-0.2, -0.15) is 5.26 Å². The molecule has 2 rings (SSSR count). The van der Waals surface area contributed by atoms with Gasteiger partial charge in [0.25, 0.3) is 0 Å². The normalized spacial score (nSPS) is 10.2. The summed E-state index contributed by atoms with van der Waals surface area (Å²) in [7, 11) is 0. The molecular weight excluding hydrogens is 260 g/mol. The van der Waals surface area contributed by atoms with Gasteiger partial charge in [-0.15, -0.1) is 0 Å². The van der Waals surface area contributed by atoms with Crippen LogP contribution in [-0.2, 0) is 13.0 Å². The third-order valence-corrected chi connectivity index (χ3v) is 3.48. The molecule has 0 heterocycles. The number of nitrogens with zero attached hydrogens (tertiary/aromatic N) is 1. The molecular formula is C18H20N2O. The van der Waals surface area contributed by atoms with Crippen molar-refractivity contribution in [3.8, 4) is 11.8 Å². The minimum Gasteiger partial charge on any atom is -0.489 e. The summed E-state index contributed by atoms with van der Waals surface area (Å²) in [6.07, 6.45) is 0.809. The zero-order valence-electron chi connectivity index (χ0n) is 12.5. The highest BCUT2D eigenvalue weighted by Crippen LogP contribution is 2.22. The van der Waals surface area contributed by atoms with Crippen molar-refractivity contribution < 1.29 is 4.74 Å². The lowest BCUT2D eigenvalue weighted by Gasteiger charge is -2.13. The maximum atomic E-state index is 8.89. The molecule has 0 fully saturated rings. The molecule has 0 unspecified atom stereocenters. The van der Waals surface area contributed by atoms with Gasteiger partial charge in [-0.25, -0.2) is 0 Å². The molecule has 2 aromatic rings. The number of rotatable bonds is 5. The first-order valence-electron chi connectivity index (χ1n) is 7.06. The fourth-order valence-corrected chi connectivity index (χ4v) is 2.28. The van der Waals surface area contributed by atoms with Crippen LogP contribution in [0.25, 0.3) is 0 Å². The van der Waals surface area contributed by atoms with Crippen molar-refractivity contribution in [2.45, 2.75) is 26.9 Å². The number of hydrogen-bond donors (Lipinski definition) is 1. The van der Waals surface area contributed by atoms with E-state index in [1.165, 1.54) is 5.56 Å². The summed E-state index contributed by atoms with van der Waals surface area (Å²) in [6, 6.07) is 14.0. The molecule has 0 radical (unpaired) electrons. The quantitative estimate of drug-likeness (QED) is 0.914. The van der Waals surface area contributed by atoms with E-state index in [4.69, 9.17) is 15.7 Å². The highest BCUT2D eigenvalue weighted by atomic mass is 16.5. The Kier molecular flexibility index (Phi) is 4.97. The van der Waals surface area contributed by atoms with Gasteiger partial charge < -0.3 is 10.5 Å². The summed E-state index contributed by atoms with van der Waals surface area (Å²) >= 11 is 0. The average Bonchev–Trinajstić information content (AvgIpc) is 2.48. The van der Waals surface area contributed by atoms with E-state index in [0.29, 0.717) is 18.7 Å². The van der Waals surface area contributed by atoms with Gasteiger partial charge >= 0.3 is 0 Å². The second-order valence-corrected chi connectivity index (χ2v) is 5.19. The van der Waals surface area contributed by atoms with Crippen molar-refractivity contribution in [1.82, 2.24) is 0 Å². The van der Waals surface area contributed by atoms with E-state index in [9.17, 15) is 0 Å². The smallest absolute Gasteiger partial charge is 0.123 e. The molecule has 0 saturated carbocycles. The standard InChI is InChI=1S/C18H20N2O/c1-13-3-6-18(16(9-13)7-8-19)21-12-17-5-4-15(11-20)10-14(17)2/h3-6,9-10H,7-8,12,19H2,1-2H3. The Balaban J connectivity index is 2.15. The van der Waals surface area contributed by atoms with Crippen LogP contribution in [-0.4, -0.2) is 6.54 Å². The molecule has 2 aromatic carbocycles. The van der Waals surface area contributed by atoms with E-state index >= 15 is 0 Å². The maximum absolute atomic E-state index is 8.89. The van der Waals surface area contributed by atoms with Crippen LogP contribution in [0.4, 0.5) is 0 Å². The summed E-state index contributed by atoms with van der Waals surface area (Å²) in [5.41, 5.74) is 10.8. The first-order valence-corrected chi connectivity index (χ1v) is 7.06. The molecule has 3 heteroatoms. The molecule has 108 valence electrons. The number of benzene rings is 2. The fraction of sp³-hybridized carbons (Fsp3) is 0.278. The van der Waals surface area contributed by atoms with E-state index in [2.05, 4.69) is 19.1 Å². The van der Waals surface area contributed by atoms with E-state index in [1.54, 1.807) is 0 Å². The zero-order chi connectivity index (χ0) is 15.2. The summed E-state index contributed by atoms with van der Waals surface area (Å²) in [5.74, 6) is 0.884. The van der Waals surface area contributed by atoms with Crippen molar-refractivity contribution in [3.63, 3.8) is 0 Å². The summed E-state index contributed by atoms with van der Waals surface area (Å²) in [5, 5.41) is 8.89. The van der Waals surface area contributed by atoms with Gasteiger partial charge in [-0.05, 0) is 61.7 Å². The van der Waals surface area contributed by atoms with Crippen molar-refractivity contribution in [3.05, 3.63) is 64.2 Å². The minimum atomic E-state index is 0.498. The van der Waals surface area contributed by atoms with Gasteiger partial charge in [0.15, 0.2) is 0 Å². The number of hydrogen-bond acceptors (Lipinski definition) is 3. The topological polar surface area (TPSA) is 59.0 Å². The molecule has 0 spiro atoms. The Morgan fingerprint density at radius 2 is 1.90 bits per heavy atom. The first kappa shape index (κ1) is 15.1. The zero-order valence-corrected chi connectivity index (χ0v) is 12.5. The van der Waals surface area contributed by atoms with Crippen molar-refractivity contribution in [2.24, 2.45) is 5.73 Å². The monoisotopic (exact) mass is 280 g/mol. The number of ether oxygens (including phenoxy) is 1. The third-order valence-electron chi connectivity index (χ3n) is 3.48. The highest BCUT2D eigenvalue weighted by molar-refractivity contribution is 5.39. The van der Waals surface area contributed by atoms with Gasteiger partial charge in [0.1, 0.15) is 12.4 Å². The van der Waals surface area contributed by atoms with Crippen LogP contribution >= 0.6 is 0 Å². The second-order valence-electron chi connectivity index (χ2n) is 5.19. The van der Waals surface area contributed by atoms with Crippen LogP contribution in [0, 0.1) is 25.2 Å². The predicted molar refractivity (Wildman–Crippen MR) is 84.2 cm³/mol. The number of aryl methyl sites for hydroxylation is 2. The van der Waals surface area contributed by atoms with Crippen molar-refractivity contribution in [2.75, 3.05) is 6.54 Å². The SMILES string of the molecule is Cc1ccc(OCc2ccc(C#N)cc2C)c(CCN)c1. The molecule has 0 aliphatic rings. The number of nitrogens with two attached hydrogens (primary N) is 1. The van der Waals surface area contributed by atoms with Gasteiger partial charge in [0.2, 0.25) is 0 Å². The molecule has 0 saturated heterocycles. The molecule has 0 atom stereocenters. The number of nitriles is 1.